The van der Waals surface area contributed by atoms with Crippen LogP contribution in [0.25, 0.3) is 5.70 Å². The number of hydrogen-bond donors (Lipinski definition) is 2. The molecule has 0 saturated heterocycles. The minimum absolute atomic E-state index is 0.0143. The second-order valence-corrected chi connectivity index (χ2v) is 7.89. The molecule has 2 N–H and O–H groups in total. The summed E-state index contributed by atoms with van der Waals surface area (Å²) in [6.07, 6.45) is 4.58. The van der Waals surface area contributed by atoms with Gasteiger partial charge >= 0.3 is 0 Å². The molecule has 0 radical (unpaired) electrons. The molecule has 33 heavy (non-hydrogen) atoms. The number of benzene rings is 1. The molecule has 9 heteroatoms. The van der Waals surface area contributed by atoms with Gasteiger partial charge in [0.1, 0.15) is 5.70 Å². The van der Waals surface area contributed by atoms with E-state index >= 15 is 0 Å². The van der Waals surface area contributed by atoms with Gasteiger partial charge in [0.05, 0.1) is 17.6 Å². The number of carbonyl (C=O) groups is 1. The summed E-state index contributed by atoms with van der Waals surface area (Å²) in [5, 5.41) is 10.7. The Morgan fingerprint density at radius 1 is 1.27 bits per heavy atom. The van der Waals surface area contributed by atoms with E-state index in [9.17, 15) is 9.18 Å². The normalized spacial score (nSPS) is 13.5. The molecule has 2 heterocycles. The van der Waals surface area contributed by atoms with Crippen molar-refractivity contribution in [2.24, 2.45) is 4.99 Å². The van der Waals surface area contributed by atoms with Gasteiger partial charge in [0.25, 0.3) is 5.91 Å². The molecular formula is C24H26FN7O. The van der Waals surface area contributed by atoms with Crippen LogP contribution in [-0.2, 0) is 11.3 Å². The number of aromatic nitrogens is 3. The van der Waals surface area contributed by atoms with Crippen molar-refractivity contribution in [1.82, 2.24) is 14.8 Å². The van der Waals surface area contributed by atoms with Gasteiger partial charge in [-0.2, -0.15) is 0 Å². The molecule has 170 valence electrons. The van der Waals surface area contributed by atoms with E-state index in [1.165, 1.54) is 16.9 Å². The van der Waals surface area contributed by atoms with E-state index in [0.29, 0.717) is 23.9 Å². The molecule has 0 aliphatic heterocycles. The van der Waals surface area contributed by atoms with Crippen LogP contribution in [0.4, 0.5) is 21.6 Å². The van der Waals surface area contributed by atoms with Crippen LogP contribution in [0, 0.1) is 5.82 Å². The molecule has 1 amide bonds. The lowest BCUT2D eigenvalue weighted by Gasteiger charge is -2.22. The number of nitrogens with one attached hydrogen (secondary N) is 2. The van der Waals surface area contributed by atoms with Crippen LogP contribution in [0.5, 0.6) is 0 Å². The Morgan fingerprint density at radius 3 is 2.70 bits per heavy atom. The maximum absolute atomic E-state index is 14.0. The number of halogens is 1. The van der Waals surface area contributed by atoms with Gasteiger partial charge in [-0.15, -0.1) is 5.10 Å². The number of carbonyl (C=O) groups excluding carboxylic acids is 1. The average molecular weight is 448 g/mol. The number of anilines is 3. The molecule has 1 aliphatic carbocycles. The first-order chi connectivity index (χ1) is 16.0. The zero-order chi connectivity index (χ0) is 23.4. The number of rotatable bonds is 8. The minimum Gasteiger partial charge on any atom is -0.379 e. The highest BCUT2D eigenvalue weighted by Gasteiger charge is 2.24. The summed E-state index contributed by atoms with van der Waals surface area (Å²) in [6.45, 7) is 4.55. The molecule has 1 aromatic carbocycles. The molecule has 2 aromatic heterocycles. The van der Waals surface area contributed by atoms with Gasteiger partial charge in [-0.25, -0.2) is 9.07 Å². The fraction of sp³-hybridized carbons (Fsp3) is 0.250. The Kier molecular flexibility index (Phi) is 6.48. The highest BCUT2D eigenvalue weighted by molar-refractivity contribution is 6.19. The fourth-order valence-electron chi connectivity index (χ4n) is 3.34. The second-order valence-electron chi connectivity index (χ2n) is 7.89. The SMILES string of the molecule is C=C(C(=O)Nc1ccncc1F)n1nc(N(C)Cc2ccccc2)cc(NC2CC2)c1=NC. The topological polar surface area (TPSA) is 87.4 Å². The first-order valence-electron chi connectivity index (χ1n) is 10.6. The molecule has 0 spiro atoms. The lowest BCUT2D eigenvalue weighted by molar-refractivity contribution is -0.111. The summed E-state index contributed by atoms with van der Waals surface area (Å²) in [4.78, 5) is 23.0. The van der Waals surface area contributed by atoms with Crippen LogP contribution < -0.4 is 21.0 Å². The Labute approximate surface area is 191 Å². The fourth-order valence-corrected chi connectivity index (χ4v) is 3.34. The summed E-state index contributed by atoms with van der Waals surface area (Å²) in [6, 6.07) is 13.7. The van der Waals surface area contributed by atoms with Gasteiger partial charge in [-0.05, 0) is 24.5 Å². The largest absolute Gasteiger partial charge is 0.379 e. The predicted molar refractivity (Wildman–Crippen MR) is 127 cm³/mol. The third kappa shape index (κ3) is 5.25. The number of amides is 1. The third-order valence-corrected chi connectivity index (χ3v) is 5.26. The van der Waals surface area contributed by atoms with E-state index in [-0.39, 0.29) is 11.4 Å². The van der Waals surface area contributed by atoms with Crippen molar-refractivity contribution >= 4 is 28.8 Å². The number of pyridine rings is 1. The monoisotopic (exact) mass is 447 g/mol. The van der Waals surface area contributed by atoms with E-state index in [1.54, 1.807) is 7.05 Å². The summed E-state index contributed by atoms with van der Waals surface area (Å²) in [5.41, 5.74) is 2.38. The number of hydrogen-bond acceptors (Lipinski definition) is 6. The zero-order valence-electron chi connectivity index (χ0n) is 18.6. The van der Waals surface area contributed by atoms with Crippen molar-refractivity contribution < 1.29 is 9.18 Å². The smallest absolute Gasteiger partial charge is 0.273 e. The van der Waals surface area contributed by atoms with E-state index in [1.807, 2.05) is 48.3 Å². The van der Waals surface area contributed by atoms with Crippen LogP contribution in [-0.4, -0.2) is 40.8 Å². The maximum atomic E-state index is 14.0. The van der Waals surface area contributed by atoms with Crippen molar-refractivity contribution in [3.05, 3.63) is 78.3 Å². The molecular weight excluding hydrogens is 421 g/mol. The lowest BCUT2D eigenvalue weighted by Crippen LogP contribution is -2.33. The molecule has 0 atom stereocenters. The highest BCUT2D eigenvalue weighted by Crippen LogP contribution is 2.25. The van der Waals surface area contributed by atoms with Gasteiger partial charge < -0.3 is 15.5 Å². The maximum Gasteiger partial charge on any atom is 0.273 e. The third-order valence-electron chi connectivity index (χ3n) is 5.26. The quantitative estimate of drug-likeness (QED) is 0.518. The van der Waals surface area contributed by atoms with Crippen LogP contribution in [0.15, 0.2) is 66.4 Å². The van der Waals surface area contributed by atoms with E-state index < -0.39 is 11.7 Å². The molecule has 3 aromatic rings. The Morgan fingerprint density at radius 2 is 2.03 bits per heavy atom. The highest BCUT2D eigenvalue weighted by atomic mass is 19.1. The van der Waals surface area contributed by atoms with Crippen LogP contribution in [0.1, 0.15) is 18.4 Å². The van der Waals surface area contributed by atoms with Gasteiger partial charge in [0.2, 0.25) is 0 Å². The van der Waals surface area contributed by atoms with E-state index in [4.69, 9.17) is 0 Å². The van der Waals surface area contributed by atoms with Gasteiger partial charge in [0.15, 0.2) is 17.1 Å². The van der Waals surface area contributed by atoms with Crippen LogP contribution in [0.3, 0.4) is 0 Å². The van der Waals surface area contributed by atoms with Gasteiger partial charge in [-0.1, -0.05) is 36.9 Å². The molecule has 0 bridgehead atoms. The summed E-state index contributed by atoms with van der Waals surface area (Å²) in [5.74, 6) is -0.592. The van der Waals surface area contributed by atoms with Crippen LogP contribution in [0.2, 0.25) is 0 Å². The van der Waals surface area contributed by atoms with E-state index in [0.717, 1.165) is 30.3 Å². The minimum atomic E-state index is -0.635. The standard InChI is InChI=1S/C24H26FN7O/c1-16(24(33)29-20-11-12-27-14-19(20)25)32-23(26-2)21(28-18-9-10-18)13-22(30-32)31(3)15-17-7-5-4-6-8-17/h4-8,11-14,18,28H,1,9-10,15H2,2-3H3,(H,27,29,33). The van der Waals surface area contributed by atoms with Crippen molar-refractivity contribution in [3.63, 3.8) is 0 Å². The van der Waals surface area contributed by atoms with Crippen molar-refractivity contribution in [2.75, 3.05) is 29.6 Å². The molecule has 1 fully saturated rings. The summed E-state index contributed by atoms with van der Waals surface area (Å²) < 4.78 is 15.4. The van der Waals surface area contributed by atoms with Gasteiger partial charge in [-0.3, -0.25) is 14.8 Å². The Balaban J connectivity index is 1.69. The first kappa shape index (κ1) is 22.2. The molecule has 8 nitrogen and oxygen atoms in total. The van der Waals surface area contributed by atoms with Crippen molar-refractivity contribution in [1.29, 1.82) is 0 Å². The van der Waals surface area contributed by atoms with Crippen molar-refractivity contribution in [2.45, 2.75) is 25.4 Å². The average Bonchev–Trinajstić information content (AvgIpc) is 3.64. The molecule has 1 saturated carbocycles. The van der Waals surface area contributed by atoms with Gasteiger partial charge in [0, 0.05) is 38.9 Å². The zero-order valence-corrected chi connectivity index (χ0v) is 18.6. The van der Waals surface area contributed by atoms with Crippen molar-refractivity contribution in [3.8, 4) is 0 Å². The lowest BCUT2D eigenvalue weighted by atomic mass is 10.2. The summed E-state index contributed by atoms with van der Waals surface area (Å²) >= 11 is 0. The molecule has 0 unspecified atom stereocenters. The predicted octanol–water partition coefficient (Wildman–Crippen LogP) is 3.27. The summed E-state index contributed by atoms with van der Waals surface area (Å²) in [7, 11) is 3.56. The Hall–Kier alpha value is -4.01. The Bertz CT molecular complexity index is 1240. The van der Waals surface area contributed by atoms with E-state index in [2.05, 4.69) is 32.3 Å². The second kappa shape index (κ2) is 9.64. The number of nitrogens with zero attached hydrogens (tertiary/aromatic N) is 5. The first-order valence-corrected chi connectivity index (χ1v) is 10.6. The molecule has 1 aliphatic rings. The van der Waals surface area contributed by atoms with Crippen LogP contribution >= 0.6 is 0 Å². The molecule has 4 rings (SSSR count).